The maximum Gasteiger partial charge on any atom is 0.404 e. The van der Waals surface area contributed by atoms with Crippen LogP contribution in [0.4, 0.5) is 4.79 Å². The first-order valence-electron chi connectivity index (χ1n) is 15.0. The number of allylic oxidation sites excluding steroid dienone is 3. The molecule has 1 unspecified atom stereocenters. The van der Waals surface area contributed by atoms with Crippen molar-refractivity contribution in [3.63, 3.8) is 0 Å². The maximum absolute atomic E-state index is 12.0. The monoisotopic (exact) mass is 593 g/mol. The van der Waals surface area contributed by atoms with E-state index in [-0.39, 0.29) is 41.9 Å². The van der Waals surface area contributed by atoms with E-state index in [1.54, 1.807) is 38.2 Å². The van der Waals surface area contributed by atoms with E-state index in [2.05, 4.69) is 6.58 Å². The number of cyclic esters (lactones) is 1. The highest BCUT2D eigenvalue weighted by Crippen LogP contribution is 2.30. The Balaban J connectivity index is 2.76. The molecule has 1 amide bonds. The normalized spacial score (nSPS) is 28.3. The van der Waals surface area contributed by atoms with E-state index < -0.39 is 54.6 Å². The number of aliphatic hydroxyl groups is 4. The van der Waals surface area contributed by atoms with Gasteiger partial charge in [0.05, 0.1) is 30.3 Å². The third-order valence-corrected chi connectivity index (χ3v) is 8.62. The molecule has 1 heterocycles. The van der Waals surface area contributed by atoms with Crippen molar-refractivity contribution in [2.75, 3.05) is 0 Å². The van der Waals surface area contributed by atoms with E-state index in [1.807, 2.05) is 53.7 Å². The number of esters is 1. The number of carbonyl (C=O) groups excluding carboxylic acids is 2. The van der Waals surface area contributed by atoms with E-state index in [1.165, 1.54) is 0 Å². The van der Waals surface area contributed by atoms with E-state index >= 15 is 0 Å². The van der Waals surface area contributed by atoms with Crippen molar-refractivity contribution in [1.29, 1.82) is 0 Å². The highest BCUT2D eigenvalue weighted by Gasteiger charge is 2.41. The second-order valence-electron chi connectivity index (χ2n) is 12.4. The highest BCUT2D eigenvalue weighted by molar-refractivity contribution is 5.73. The summed E-state index contributed by atoms with van der Waals surface area (Å²) in [6.45, 7) is 18.5. The first kappa shape index (κ1) is 37.6. The molecular formula is C33H55NO8. The lowest BCUT2D eigenvalue weighted by Gasteiger charge is -2.36. The zero-order chi connectivity index (χ0) is 32.3. The Bertz CT molecular complexity index is 962. The molecule has 0 radical (unpaired) electrons. The molecule has 0 aromatic rings. The molecule has 0 saturated carbocycles. The predicted octanol–water partition coefficient (Wildman–Crippen LogP) is 4.30. The number of aliphatic hydroxyl groups excluding tert-OH is 4. The molecular weight excluding hydrogens is 538 g/mol. The van der Waals surface area contributed by atoms with E-state index in [0.717, 1.165) is 5.57 Å². The minimum atomic E-state index is -0.894. The van der Waals surface area contributed by atoms with Crippen LogP contribution in [0, 0.1) is 41.4 Å². The quantitative estimate of drug-likeness (QED) is 0.101. The molecule has 1 aliphatic heterocycles. The van der Waals surface area contributed by atoms with Crippen LogP contribution in [-0.2, 0) is 14.3 Å². The van der Waals surface area contributed by atoms with Crippen LogP contribution in [0.1, 0.15) is 68.2 Å². The summed E-state index contributed by atoms with van der Waals surface area (Å²) in [6.07, 6.45) is 6.04. The average Bonchev–Trinajstić information content (AvgIpc) is 2.93. The van der Waals surface area contributed by atoms with Gasteiger partial charge < -0.3 is 35.6 Å². The summed E-state index contributed by atoms with van der Waals surface area (Å²) >= 11 is 0. The summed E-state index contributed by atoms with van der Waals surface area (Å²) in [5, 5.41) is 42.8. The van der Waals surface area contributed by atoms with Gasteiger partial charge in [-0.05, 0) is 26.2 Å². The number of rotatable bonds is 16. The van der Waals surface area contributed by atoms with E-state index in [4.69, 9.17) is 15.2 Å². The maximum atomic E-state index is 12.0. The second-order valence-corrected chi connectivity index (χ2v) is 12.4. The van der Waals surface area contributed by atoms with Gasteiger partial charge in [-0.2, -0.15) is 0 Å². The molecule has 240 valence electrons. The molecule has 6 N–H and O–H groups in total. The number of hydrogen-bond donors (Lipinski definition) is 5. The van der Waals surface area contributed by atoms with E-state index in [9.17, 15) is 30.0 Å². The molecule has 1 saturated heterocycles. The average molecular weight is 594 g/mol. The van der Waals surface area contributed by atoms with Gasteiger partial charge in [-0.25, -0.2) is 4.79 Å². The van der Waals surface area contributed by atoms with Crippen LogP contribution in [0.5, 0.6) is 0 Å². The Kier molecular flexibility index (Phi) is 15.7. The van der Waals surface area contributed by atoms with E-state index in [0.29, 0.717) is 6.42 Å². The van der Waals surface area contributed by atoms with Gasteiger partial charge in [0.2, 0.25) is 0 Å². The van der Waals surface area contributed by atoms with Crippen molar-refractivity contribution in [2.24, 2.45) is 47.2 Å². The number of primary amides is 1. The first-order valence-corrected chi connectivity index (χ1v) is 15.0. The summed E-state index contributed by atoms with van der Waals surface area (Å²) in [7, 11) is 0. The summed E-state index contributed by atoms with van der Waals surface area (Å²) in [6, 6.07) is 0. The number of nitrogens with two attached hydrogens (primary N) is 1. The molecule has 0 aliphatic carbocycles. The minimum absolute atomic E-state index is 0.152. The smallest absolute Gasteiger partial charge is 0.404 e. The van der Waals surface area contributed by atoms with Gasteiger partial charge in [-0.15, -0.1) is 0 Å². The van der Waals surface area contributed by atoms with Crippen LogP contribution in [0.25, 0.3) is 0 Å². The summed E-state index contributed by atoms with van der Waals surface area (Å²) in [5.74, 6) is -2.52. The molecule has 1 rings (SSSR count). The summed E-state index contributed by atoms with van der Waals surface area (Å²) in [5.41, 5.74) is 6.30. The molecule has 0 aromatic carbocycles. The van der Waals surface area contributed by atoms with Crippen LogP contribution in [0.2, 0.25) is 0 Å². The molecule has 0 spiro atoms. The van der Waals surface area contributed by atoms with Gasteiger partial charge in [-0.3, -0.25) is 4.79 Å². The van der Waals surface area contributed by atoms with Crippen LogP contribution in [-0.4, -0.2) is 69.1 Å². The Morgan fingerprint density at radius 3 is 2.21 bits per heavy atom. The fourth-order valence-corrected chi connectivity index (χ4v) is 5.80. The molecule has 9 heteroatoms. The van der Waals surface area contributed by atoms with Gasteiger partial charge in [0.1, 0.15) is 12.2 Å². The van der Waals surface area contributed by atoms with Crippen LogP contribution in [0.15, 0.2) is 48.6 Å². The Morgan fingerprint density at radius 2 is 1.64 bits per heavy atom. The molecule has 0 bridgehead atoms. The lowest BCUT2D eigenvalue weighted by molar-refractivity contribution is -0.179. The van der Waals surface area contributed by atoms with Crippen molar-refractivity contribution < 1.29 is 39.5 Å². The van der Waals surface area contributed by atoms with Crippen LogP contribution >= 0.6 is 0 Å². The topological polar surface area (TPSA) is 160 Å². The Morgan fingerprint density at radius 1 is 1.02 bits per heavy atom. The lowest BCUT2D eigenvalue weighted by Crippen LogP contribution is -2.47. The SMILES string of the molecule is C=C/C=C\[C@H](C)[C@H](OC(N)=O)[C@@H](C)[C@H](O)[C@@H](C)C/C(C)=C\[C@H](C)[C@@H](O)C(C)/C=C\[C@@H](O)C[C@@H]1OC(=O)[C@H](C)[C@@H](O)[C@H]1C. The summed E-state index contributed by atoms with van der Waals surface area (Å²) < 4.78 is 10.8. The van der Waals surface area contributed by atoms with Crippen LogP contribution < -0.4 is 5.73 Å². The summed E-state index contributed by atoms with van der Waals surface area (Å²) in [4.78, 5) is 23.5. The first-order chi connectivity index (χ1) is 19.5. The number of carbonyl (C=O) groups is 2. The standard InChI is InChI=1S/C33H55NO8/c1-10-11-12-20(4)31(42-33(34)40)24(8)29(37)22(6)16-18(2)15-21(5)28(36)19(3)13-14-26(35)17-27-23(7)30(38)25(9)32(39)41-27/h10-15,19-31,35-38H,1,16-17H2,2-9H3,(H2,34,40)/b12-11-,14-13-,18-15-/t19?,20-,21-,22-,23-,24-,25+,26+,27-,28-,29+,30-,31-/m0/s1. The molecule has 1 aliphatic rings. The van der Waals surface area contributed by atoms with Gasteiger partial charge >= 0.3 is 12.1 Å². The van der Waals surface area contributed by atoms with Gasteiger partial charge in [0.15, 0.2) is 0 Å². The molecule has 9 nitrogen and oxygen atoms in total. The number of hydrogen-bond acceptors (Lipinski definition) is 8. The zero-order valence-electron chi connectivity index (χ0n) is 26.6. The Hall–Kier alpha value is -2.46. The van der Waals surface area contributed by atoms with Crippen molar-refractivity contribution in [2.45, 2.75) is 105 Å². The van der Waals surface area contributed by atoms with Gasteiger partial charge in [0, 0.05) is 36.0 Å². The van der Waals surface area contributed by atoms with Gasteiger partial charge in [0.25, 0.3) is 0 Å². The third-order valence-electron chi connectivity index (χ3n) is 8.62. The lowest BCUT2D eigenvalue weighted by atomic mass is 9.81. The number of amides is 1. The fraction of sp³-hybridized carbons (Fsp3) is 0.697. The third kappa shape index (κ3) is 11.3. The van der Waals surface area contributed by atoms with Gasteiger partial charge in [-0.1, -0.05) is 90.2 Å². The second kappa shape index (κ2) is 17.6. The fourth-order valence-electron chi connectivity index (χ4n) is 5.80. The van der Waals surface area contributed by atoms with Crippen molar-refractivity contribution in [3.8, 4) is 0 Å². The highest BCUT2D eigenvalue weighted by atomic mass is 16.6. The largest absolute Gasteiger partial charge is 0.462 e. The van der Waals surface area contributed by atoms with Crippen molar-refractivity contribution in [1.82, 2.24) is 0 Å². The molecule has 0 aromatic heterocycles. The zero-order valence-corrected chi connectivity index (χ0v) is 26.6. The van der Waals surface area contributed by atoms with Crippen molar-refractivity contribution in [3.05, 3.63) is 48.6 Å². The van der Waals surface area contributed by atoms with Crippen molar-refractivity contribution >= 4 is 12.1 Å². The van der Waals surface area contributed by atoms with Crippen LogP contribution in [0.3, 0.4) is 0 Å². The number of ether oxygens (including phenoxy) is 2. The molecule has 42 heavy (non-hydrogen) atoms. The Labute approximate surface area is 252 Å². The molecule has 13 atom stereocenters. The predicted molar refractivity (Wildman–Crippen MR) is 164 cm³/mol. The minimum Gasteiger partial charge on any atom is -0.462 e. The molecule has 1 fully saturated rings.